The van der Waals surface area contributed by atoms with E-state index in [0.717, 1.165) is 28.6 Å². The summed E-state index contributed by atoms with van der Waals surface area (Å²) in [6.07, 6.45) is 8.45. The molecule has 3 rings (SSSR count). The maximum absolute atomic E-state index is 12.5. The van der Waals surface area contributed by atoms with Gasteiger partial charge >= 0.3 is 0 Å². The van der Waals surface area contributed by atoms with E-state index in [1.807, 2.05) is 23.9 Å². The Balaban J connectivity index is 1.78. The zero-order valence-electron chi connectivity index (χ0n) is 13.0. The highest BCUT2D eigenvalue weighted by atomic mass is 16.1. The highest BCUT2D eigenvalue weighted by Crippen LogP contribution is 2.25. The summed E-state index contributed by atoms with van der Waals surface area (Å²) >= 11 is 0. The van der Waals surface area contributed by atoms with Gasteiger partial charge in [0.25, 0.3) is 5.91 Å². The normalized spacial score (nSPS) is 16.3. The van der Waals surface area contributed by atoms with Crippen molar-refractivity contribution < 1.29 is 4.79 Å². The molecule has 1 saturated carbocycles. The van der Waals surface area contributed by atoms with Gasteiger partial charge < -0.3 is 9.88 Å². The number of rotatable bonds is 3. The third-order valence-corrected chi connectivity index (χ3v) is 4.74. The van der Waals surface area contributed by atoms with E-state index in [4.69, 9.17) is 0 Å². The second-order valence-electron chi connectivity index (χ2n) is 6.34. The molecule has 0 atom stereocenters. The molecule has 3 nitrogen and oxygen atoms in total. The Morgan fingerprint density at radius 3 is 2.81 bits per heavy atom. The van der Waals surface area contributed by atoms with Gasteiger partial charge in [0, 0.05) is 30.7 Å². The van der Waals surface area contributed by atoms with Crippen LogP contribution >= 0.6 is 0 Å². The summed E-state index contributed by atoms with van der Waals surface area (Å²) in [7, 11) is 2.00. The number of amides is 1. The van der Waals surface area contributed by atoms with E-state index in [-0.39, 0.29) is 5.91 Å². The first-order chi connectivity index (χ1) is 10.2. The first-order valence-corrected chi connectivity index (χ1v) is 7.99. The van der Waals surface area contributed by atoms with Gasteiger partial charge in [0.15, 0.2) is 0 Å². The van der Waals surface area contributed by atoms with Crippen molar-refractivity contribution in [2.24, 2.45) is 13.0 Å². The van der Waals surface area contributed by atoms with Crippen LogP contribution in [0.4, 0.5) is 0 Å². The van der Waals surface area contributed by atoms with Crippen LogP contribution in [0, 0.1) is 12.8 Å². The molecule has 1 amide bonds. The average molecular weight is 284 g/mol. The van der Waals surface area contributed by atoms with E-state index in [9.17, 15) is 4.79 Å². The third-order valence-electron chi connectivity index (χ3n) is 4.74. The maximum atomic E-state index is 12.5. The topological polar surface area (TPSA) is 34.0 Å². The number of carbonyl (C=O) groups is 1. The Bertz CT molecular complexity index is 651. The maximum Gasteiger partial charge on any atom is 0.253 e. The molecule has 0 radical (unpaired) electrons. The van der Waals surface area contributed by atoms with Gasteiger partial charge in [-0.15, -0.1) is 0 Å². The Morgan fingerprint density at radius 2 is 2.05 bits per heavy atom. The van der Waals surface area contributed by atoms with E-state index in [1.54, 1.807) is 0 Å². The lowest BCUT2D eigenvalue weighted by Crippen LogP contribution is -2.30. The van der Waals surface area contributed by atoms with Crippen LogP contribution in [-0.2, 0) is 7.05 Å². The van der Waals surface area contributed by atoms with Crippen molar-refractivity contribution in [2.75, 3.05) is 6.54 Å². The smallest absolute Gasteiger partial charge is 0.253 e. The first-order valence-electron chi connectivity index (χ1n) is 7.99. The SMILES string of the molecule is Cc1cccc2c1c(C(=O)NCC1CCCCC1)cn2C. The Labute approximate surface area is 126 Å². The van der Waals surface area contributed by atoms with Crippen LogP contribution in [0.2, 0.25) is 0 Å². The zero-order chi connectivity index (χ0) is 14.8. The highest BCUT2D eigenvalue weighted by molar-refractivity contribution is 6.08. The summed E-state index contributed by atoms with van der Waals surface area (Å²) < 4.78 is 2.04. The first kappa shape index (κ1) is 14.2. The minimum absolute atomic E-state index is 0.0699. The van der Waals surface area contributed by atoms with Gasteiger partial charge in [0.1, 0.15) is 0 Å². The van der Waals surface area contributed by atoms with Gasteiger partial charge in [-0.05, 0) is 37.3 Å². The van der Waals surface area contributed by atoms with E-state index < -0.39 is 0 Å². The molecule has 0 bridgehead atoms. The fourth-order valence-corrected chi connectivity index (χ4v) is 3.52. The Morgan fingerprint density at radius 1 is 1.29 bits per heavy atom. The van der Waals surface area contributed by atoms with Gasteiger partial charge in [0.05, 0.1) is 5.56 Å². The lowest BCUT2D eigenvalue weighted by molar-refractivity contribution is 0.0945. The minimum atomic E-state index is 0.0699. The fraction of sp³-hybridized carbons (Fsp3) is 0.500. The number of nitrogens with one attached hydrogen (secondary N) is 1. The van der Waals surface area contributed by atoms with Crippen molar-refractivity contribution in [2.45, 2.75) is 39.0 Å². The molecule has 3 heteroatoms. The molecule has 1 N–H and O–H groups in total. The van der Waals surface area contributed by atoms with Crippen molar-refractivity contribution in [1.82, 2.24) is 9.88 Å². The quantitative estimate of drug-likeness (QED) is 0.914. The molecule has 0 spiro atoms. The van der Waals surface area contributed by atoms with Crippen molar-refractivity contribution in [1.29, 1.82) is 0 Å². The summed E-state index contributed by atoms with van der Waals surface area (Å²) in [5.74, 6) is 0.735. The van der Waals surface area contributed by atoms with E-state index in [0.29, 0.717) is 5.92 Å². The van der Waals surface area contributed by atoms with Crippen LogP contribution in [0.25, 0.3) is 10.9 Å². The van der Waals surface area contributed by atoms with Crippen molar-refractivity contribution in [3.05, 3.63) is 35.5 Å². The number of hydrogen-bond donors (Lipinski definition) is 1. The zero-order valence-corrected chi connectivity index (χ0v) is 13.0. The van der Waals surface area contributed by atoms with Crippen LogP contribution in [0.1, 0.15) is 48.0 Å². The van der Waals surface area contributed by atoms with Gasteiger partial charge in [-0.1, -0.05) is 31.4 Å². The average Bonchev–Trinajstić information content (AvgIpc) is 2.85. The predicted octanol–water partition coefficient (Wildman–Crippen LogP) is 3.80. The molecule has 0 unspecified atom stereocenters. The number of fused-ring (bicyclic) bond motifs is 1. The van der Waals surface area contributed by atoms with Gasteiger partial charge in [-0.25, -0.2) is 0 Å². The molecule has 2 aromatic rings. The van der Waals surface area contributed by atoms with Crippen LogP contribution in [0.3, 0.4) is 0 Å². The number of aryl methyl sites for hydroxylation is 2. The van der Waals surface area contributed by atoms with Crippen molar-refractivity contribution in [3.8, 4) is 0 Å². The second kappa shape index (κ2) is 5.92. The van der Waals surface area contributed by atoms with Crippen molar-refractivity contribution >= 4 is 16.8 Å². The van der Waals surface area contributed by atoms with Crippen LogP contribution in [0.5, 0.6) is 0 Å². The summed E-state index contributed by atoms with van der Waals surface area (Å²) in [6.45, 7) is 2.89. The van der Waals surface area contributed by atoms with Crippen LogP contribution in [0.15, 0.2) is 24.4 Å². The molecular formula is C18H24N2O. The van der Waals surface area contributed by atoms with E-state index in [2.05, 4.69) is 24.4 Å². The Hall–Kier alpha value is -1.77. The molecule has 1 aromatic heterocycles. The third kappa shape index (κ3) is 2.82. The molecule has 0 saturated heterocycles. The van der Waals surface area contributed by atoms with Crippen LogP contribution in [-0.4, -0.2) is 17.0 Å². The standard InChI is InChI=1S/C18H24N2O/c1-13-7-6-10-16-17(13)15(12-20(16)2)18(21)19-11-14-8-4-3-5-9-14/h6-7,10,12,14H,3-5,8-9,11H2,1-2H3,(H,19,21). The monoisotopic (exact) mass is 284 g/mol. The number of benzene rings is 1. The number of carbonyl (C=O) groups excluding carboxylic acids is 1. The van der Waals surface area contributed by atoms with Crippen LogP contribution < -0.4 is 5.32 Å². The summed E-state index contributed by atoms with van der Waals surface area (Å²) in [5.41, 5.74) is 3.09. The number of aromatic nitrogens is 1. The Kier molecular flexibility index (Phi) is 4.00. The van der Waals surface area contributed by atoms with Gasteiger partial charge in [-0.3, -0.25) is 4.79 Å². The minimum Gasteiger partial charge on any atom is -0.352 e. The van der Waals surface area contributed by atoms with E-state index >= 15 is 0 Å². The number of nitrogens with zero attached hydrogens (tertiary/aromatic N) is 1. The lowest BCUT2D eigenvalue weighted by atomic mass is 9.89. The molecule has 112 valence electrons. The molecule has 21 heavy (non-hydrogen) atoms. The lowest BCUT2D eigenvalue weighted by Gasteiger charge is -2.21. The molecule has 1 fully saturated rings. The highest BCUT2D eigenvalue weighted by Gasteiger charge is 2.18. The molecule has 0 aliphatic heterocycles. The van der Waals surface area contributed by atoms with Gasteiger partial charge in [-0.2, -0.15) is 0 Å². The van der Waals surface area contributed by atoms with E-state index in [1.165, 1.54) is 32.1 Å². The fourth-order valence-electron chi connectivity index (χ4n) is 3.52. The summed E-state index contributed by atoms with van der Waals surface area (Å²) in [5, 5.41) is 4.23. The van der Waals surface area contributed by atoms with Crippen molar-refractivity contribution in [3.63, 3.8) is 0 Å². The largest absolute Gasteiger partial charge is 0.352 e. The number of hydrogen-bond acceptors (Lipinski definition) is 1. The molecule has 1 aliphatic rings. The molecule has 1 aliphatic carbocycles. The summed E-state index contributed by atoms with van der Waals surface area (Å²) in [4.78, 5) is 12.5. The predicted molar refractivity (Wildman–Crippen MR) is 86.6 cm³/mol. The molecule has 1 aromatic carbocycles. The molecular weight excluding hydrogens is 260 g/mol. The van der Waals surface area contributed by atoms with Gasteiger partial charge in [0.2, 0.25) is 0 Å². The molecule has 1 heterocycles. The summed E-state index contributed by atoms with van der Waals surface area (Å²) in [6, 6.07) is 6.18. The second-order valence-corrected chi connectivity index (χ2v) is 6.34.